The summed E-state index contributed by atoms with van der Waals surface area (Å²) in [6.07, 6.45) is 0.951. The second-order valence-electron chi connectivity index (χ2n) is 11.1. The molecule has 212 valence electrons. The Morgan fingerprint density at radius 3 is 2.26 bits per heavy atom. The number of carbonyl (C=O) groups is 2. The summed E-state index contributed by atoms with van der Waals surface area (Å²) in [6.45, 7) is 9.47. The summed E-state index contributed by atoms with van der Waals surface area (Å²) in [6, 6.07) is 14.2. The first-order valence-corrected chi connectivity index (χ1v) is 14.0. The zero-order valence-electron chi connectivity index (χ0n) is 23.2. The molecule has 2 fully saturated rings. The van der Waals surface area contributed by atoms with Crippen molar-refractivity contribution < 1.29 is 24.5 Å². The molecule has 0 aromatic heterocycles. The van der Waals surface area contributed by atoms with Crippen molar-refractivity contribution in [2.45, 2.75) is 51.6 Å². The number of methoxy groups -OCH3 is 1. The Balaban J connectivity index is 1.55. The molecule has 4 rings (SSSR count). The first-order chi connectivity index (χ1) is 18.6. The number of nitrogens with zero attached hydrogens (tertiary/aromatic N) is 2. The lowest BCUT2D eigenvalue weighted by atomic mass is 9.51. The van der Waals surface area contributed by atoms with Gasteiger partial charge in [0.25, 0.3) is 0 Å². The van der Waals surface area contributed by atoms with Gasteiger partial charge in [0.15, 0.2) is 0 Å². The molecule has 0 bridgehead atoms. The van der Waals surface area contributed by atoms with Gasteiger partial charge in [0.05, 0.1) is 23.6 Å². The monoisotopic (exact) mass is 557 g/mol. The average molecular weight is 558 g/mol. The summed E-state index contributed by atoms with van der Waals surface area (Å²) in [5.41, 5.74) is -1.08. The number of para-hydroxylation sites is 2. The Morgan fingerprint density at radius 1 is 1.00 bits per heavy atom. The molecule has 0 spiro atoms. The third-order valence-electron chi connectivity index (χ3n) is 9.23. The molecule has 2 heterocycles. The molecule has 39 heavy (non-hydrogen) atoms. The molecule has 5 unspecified atom stereocenters. The Labute approximate surface area is 235 Å². The number of hydrogen-bond donors (Lipinski definition) is 3. The van der Waals surface area contributed by atoms with Crippen molar-refractivity contribution in [1.29, 1.82) is 0 Å². The van der Waals surface area contributed by atoms with Crippen LogP contribution in [-0.4, -0.2) is 79.0 Å². The van der Waals surface area contributed by atoms with E-state index in [4.69, 9.17) is 16.3 Å². The van der Waals surface area contributed by atoms with Crippen molar-refractivity contribution in [3.8, 4) is 5.75 Å². The largest absolute Gasteiger partial charge is 0.495 e. The van der Waals surface area contributed by atoms with Crippen LogP contribution in [0, 0.1) is 10.8 Å². The summed E-state index contributed by atoms with van der Waals surface area (Å²) in [7, 11) is 1.68. The third-order valence-corrected chi connectivity index (χ3v) is 9.57. The molecule has 3 N–H and O–H groups in total. The highest BCUT2D eigenvalue weighted by Crippen LogP contribution is 2.58. The fourth-order valence-corrected chi connectivity index (χ4v) is 7.07. The number of carboxylic acids is 2. The minimum atomic E-state index is -1.38. The predicted molar refractivity (Wildman–Crippen MR) is 153 cm³/mol. The van der Waals surface area contributed by atoms with Crippen molar-refractivity contribution >= 4 is 29.2 Å². The van der Waals surface area contributed by atoms with Gasteiger partial charge in [-0.05, 0) is 63.9 Å². The lowest BCUT2D eigenvalue weighted by molar-refractivity contribution is -0.171. The van der Waals surface area contributed by atoms with Crippen LogP contribution in [-0.2, 0) is 9.59 Å². The van der Waals surface area contributed by atoms with Gasteiger partial charge in [-0.2, -0.15) is 0 Å². The number of ether oxygens (including phenoxy) is 1. The van der Waals surface area contributed by atoms with E-state index in [0.29, 0.717) is 23.4 Å². The highest BCUT2D eigenvalue weighted by Gasteiger charge is 2.65. The van der Waals surface area contributed by atoms with Crippen LogP contribution < -0.4 is 15.0 Å². The van der Waals surface area contributed by atoms with E-state index in [9.17, 15) is 19.8 Å². The number of rotatable bonds is 9. The summed E-state index contributed by atoms with van der Waals surface area (Å²) in [5.74, 6) is -1.98. The molecule has 8 nitrogen and oxygen atoms in total. The molecule has 0 radical (unpaired) electrons. The number of halogens is 1. The summed E-state index contributed by atoms with van der Waals surface area (Å²) >= 11 is 6.63. The minimum Gasteiger partial charge on any atom is -0.495 e. The van der Waals surface area contributed by atoms with Gasteiger partial charge in [-0.1, -0.05) is 41.9 Å². The fraction of sp³-hybridized carbons (Fsp3) is 0.533. The normalized spacial score (nSPS) is 29.7. The van der Waals surface area contributed by atoms with Crippen molar-refractivity contribution in [2.24, 2.45) is 10.8 Å². The number of anilines is 1. The first-order valence-electron chi connectivity index (χ1n) is 13.6. The first kappa shape index (κ1) is 29.2. The number of benzene rings is 2. The second kappa shape index (κ2) is 11.7. The van der Waals surface area contributed by atoms with Crippen LogP contribution in [0.4, 0.5) is 5.69 Å². The molecule has 2 saturated heterocycles. The highest BCUT2D eigenvalue weighted by molar-refractivity contribution is 6.31. The third kappa shape index (κ3) is 5.22. The topological polar surface area (TPSA) is 102 Å². The molecule has 2 aliphatic rings. The minimum absolute atomic E-state index is 0.328. The van der Waals surface area contributed by atoms with Gasteiger partial charge in [0.2, 0.25) is 0 Å². The number of hydrogen-bond acceptors (Lipinski definition) is 6. The maximum absolute atomic E-state index is 13.2. The van der Waals surface area contributed by atoms with Crippen LogP contribution in [0.1, 0.15) is 45.1 Å². The van der Waals surface area contributed by atoms with E-state index in [1.54, 1.807) is 38.3 Å². The van der Waals surface area contributed by atoms with Gasteiger partial charge in [0, 0.05) is 49.2 Å². The molecule has 0 aliphatic carbocycles. The quantitative estimate of drug-likeness (QED) is 0.412. The SMILES string of the molecule is COc1ccccc1N1CCN(CCCC2(C(=O)O)C(C)NC(C)C(C)(C(=O)O)C2c2ccccc2Cl)CC1. The summed E-state index contributed by atoms with van der Waals surface area (Å²) in [5, 5.41) is 25.0. The molecule has 9 heteroatoms. The molecule has 2 aromatic rings. The molecule has 5 atom stereocenters. The molecule has 2 aromatic carbocycles. The van der Waals surface area contributed by atoms with Gasteiger partial charge >= 0.3 is 11.9 Å². The Hall–Kier alpha value is -2.81. The van der Waals surface area contributed by atoms with E-state index >= 15 is 0 Å². The van der Waals surface area contributed by atoms with Gasteiger partial charge < -0.3 is 25.2 Å². The number of nitrogens with one attached hydrogen (secondary N) is 1. The average Bonchev–Trinajstić information content (AvgIpc) is 2.92. The van der Waals surface area contributed by atoms with Crippen LogP contribution in [0.5, 0.6) is 5.75 Å². The maximum Gasteiger partial charge on any atom is 0.311 e. The Morgan fingerprint density at radius 2 is 1.64 bits per heavy atom. The van der Waals surface area contributed by atoms with E-state index in [2.05, 4.69) is 21.2 Å². The number of piperazine rings is 1. The van der Waals surface area contributed by atoms with Crippen molar-refractivity contribution in [3.05, 3.63) is 59.1 Å². The maximum atomic E-state index is 13.2. The van der Waals surface area contributed by atoms with Crippen molar-refractivity contribution in [2.75, 3.05) is 44.7 Å². The van der Waals surface area contributed by atoms with E-state index in [1.165, 1.54) is 0 Å². The summed E-state index contributed by atoms with van der Waals surface area (Å²) < 4.78 is 5.53. The standard InChI is InChI=1S/C30H40ClN3O5/c1-20-29(3,27(35)36)26(22-10-5-6-11-23(22)31)30(28(37)38,21(2)32-20)14-9-15-33-16-18-34(19-17-33)24-12-7-8-13-25(24)39-4/h5-8,10-13,20-21,26,32H,9,14-19H2,1-4H3,(H,35,36)(H,37,38). The van der Waals surface area contributed by atoms with Gasteiger partial charge in [-0.25, -0.2) is 0 Å². The molecular formula is C30H40ClN3O5. The smallest absolute Gasteiger partial charge is 0.311 e. The lowest BCUT2D eigenvalue weighted by Gasteiger charge is -2.56. The van der Waals surface area contributed by atoms with Crippen LogP contribution in [0.3, 0.4) is 0 Å². The molecule has 0 saturated carbocycles. The van der Waals surface area contributed by atoms with Crippen molar-refractivity contribution in [3.63, 3.8) is 0 Å². The fourth-order valence-electron chi connectivity index (χ4n) is 6.83. The second-order valence-corrected chi connectivity index (χ2v) is 11.5. The molecular weight excluding hydrogens is 518 g/mol. The van der Waals surface area contributed by atoms with E-state index in [-0.39, 0.29) is 0 Å². The number of carboxylic acid groups (broad SMARTS) is 2. The Kier molecular flexibility index (Phi) is 8.78. The molecule has 2 aliphatic heterocycles. The molecule has 0 amide bonds. The van der Waals surface area contributed by atoms with Gasteiger partial charge in [-0.15, -0.1) is 0 Å². The van der Waals surface area contributed by atoms with Crippen LogP contribution in [0.25, 0.3) is 0 Å². The highest BCUT2D eigenvalue weighted by atomic mass is 35.5. The van der Waals surface area contributed by atoms with Gasteiger partial charge in [-0.3, -0.25) is 14.5 Å². The summed E-state index contributed by atoms with van der Waals surface area (Å²) in [4.78, 5) is 30.7. The number of piperidine rings is 1. The zero-order valence-corrected chi connectivity index (χ0v) is 23.9. The van der Waals surface area contributed by atoms with Crippen LogP contribution in [0.2, 0.25) is 5.02 Å². The predicted octanol–water partition coefficient (Wildman–Crippen LogP) is 4.58. The number of aliphatic carboxylic acids is 2. The van der Waals surface area contributed by atoms with Crippen LogP contribution in [0.15, 0.2) is 48.5 Å². The Bertz CT molecular complexity index is 1190. The zero-order chi connectivity index (χ0) is 28.4. The van der Waals surface area contributed by atoms with E-state index < -0.39 is 40.8 Å². The lowest BCUT2D eigenvalue weighted by Crippen LogP contribution is -2.68. The van der Waals surface area contributed by atoms with Gasteiger partial charge in [0.1, 0.15) is 5.75 Å². The van der Waals surface area contributed by atoms with E-state index in [1.807, 2.05) is 32.0 Å². The van der Waals surface area contributed by atoms with Crippen LogP contribution >= 0.6 is 11.6 Å². The van der Waals surface area contributed by atoms with Crippen molar-refractivity contribution in [1.82, 2.24) is 10.2 Å². The van der Waals surface area contributed by atoms with E-state index in [0.717, 1.165) is 44.2 Å².